The Morgan fingerprint density at radius 2 is 2.23 bits per heavy atom. The van der Waals surface area contributed by atoms with Gasteiger partial charge in [-0.3, -0.25) is 0 Å². The largest absolute Gasteiger partial charge is 0.350 e. The molecule has 0 saturated carbocycles. The number of hydrogen-bond donors (Lipinski definition) is 2. The smallest absolute Gasteiger partial charge is 0.332 e. The predicted molar refractivity (Wildman–Crippen MR) is 52.4 cm³/mol. The molecule has 0 aliphatic heterocycles. The fourth-order valence-corrected chi connectivity index (χ4v) is 1.43. The second-order valence-electron chi connectivity index (χ2n) is 3.25. The van der Waals surface area contributed by atoms with Crippen LogP contribution in [0.2, 0.25) is 0 Å². The summed E-state index contributed by atoms with van der Waals surface area (Å²) in [5.41, 5.74) is 9.63. The van der Waals surface area contributed by atoms with Crippen LogP contribution in [-0.2, 0) is 0 Å². The van der Waals surface area contributed by atoms with Crippen molar-refractivity contribution in [1.29, 1.82) is 0 Å². The SMILES string of the molecule is CC1=C(/C=N/NC(N)=O)CCCC1. The van der Waals surface area contributed by atoms with Crippen molar-refractivity contribution in [1.82, 2.24) is 5.43 Å². The second kappa shape index (κ2) is 4.64. The molecule has 0 spiro atoms. The fraction of sp³-hybridized carbons (Fsp3) is 0.556. The summed E-state index contributed by atoms with van der Waals surface area (Å²) < 4.78 is 0. The van der Waals surface area contributed by atoms with Crippen LogP contribution in [0.4, 0.5) is 4.79 Å². The first-order valence-electron chi connectivity index (χ1n) is 4.47. The third kappa shape index (κ3) is 3.27. The van der Waals surface area contributed by atoms with Gasteiger partial charge in [-0.1, -0.05) is 5.57 Å². The van der Waals surface area contributed by atoms with E-state index < -0.39 is 6.03 Å². The predicted octanol–water partition coefficient (Wildman–Crippen LogP) is 1.53. The first kappa shape index (κ1) is 9.77. The average Bonchev–Trinajstić information content (AvgIpc) is 2.08. The van der Waals surface area contributed by atoms with Crippen LogP contribution in [0.15, 0.2) is 16.2 Å². The standard InChI is InChI=1S/C9H15N3O/c1-7-4-2-3-5-8(7)6-11-12-9(10)13/h6H,2-5H2,1H3,(H3,10,12,13)/b11-6+. The van der Waals surface area contributed by atoms with Gasteiger partial charge in [0.25, 0.3) is 0 Å². The van der Waals surface area contributed by atoms with Gasteiger partial charge in [0.1, 0.15) is 0 Å². The van der Waals surface area contributed by atoms with E-state index in [2.05, 4.69) is 17.5 Å². The molecule has 0 heterocycles. The number of amides is 2. The molecular weight excluding hydrogens is 166 g/mol. The van der Waals surface area contributed by atoms with Crippen molar-refractivity contribution in [2.45, 2.75) is 32.6 Å². The van der Waals surface area contributed by atoms with E-state index in [1.54, 1.807) is 6.21 Å². The highest BCUT2D eigenvalue weighted by Gasteiger charge is 2.06. The molecule has 1 aliphatic carbocycles. The molecule has 0 saturated heterocycles. The summed E-state index contributed by atoms with van der Waals surface area (Å²) >= 11 is 0. The molecular formula is C9H15N3O. The Bertz CT molecular complexity index is 256. The van der Waals surface area contributed by atoms with Gasteiger partial charge in [-0.05, 0) is 38.2 Å². The van der Waals surface area contributed by atoms with Crippen LogP contribution in [0.5, 0.6) is 0 Å². The molecule has 2 amide bonds. The molecule has 4 heteroatoms. The maximum atomic E-state index is 10.3. The zero-order chi connectivity index (χ0) is 9.68. The molecule has 72 valence electrons. The van der Waals surface area contributed by atoms with Gasteiger partial charge in [-0.2, -0.15) is 5.10 Å². The molecule has 0 aromatic heterocycles. The lowest BCUT2D eigenvalue weighted by atomic mass is 9.94. The molecule has 0 aromatic rings. The molecule has 0 unspecified atom stereocenters. The van der Waals surface area contributed by atoms with Crippen LogP contribution in [0, 0.1) is 0 Å². The Balaban J connectivity index is 2.51. The third-order valence-electron chi connectivity index (χ3n) is 2.19. The molecule has 0 aromatic carbocycles. The van der Waals surface area contributed by atoms with Crippen LogP contribution in [0.1, 0.15) is 32.6 Å². The number of urea groups is 1. The van der Waals surface area contributed by atoms with Gasteiger partial charge < -0.3 is 5.73 Å². The third-order valence-corrected chi connectivity index (χ3v) is 2.19. The van der Waals surface area contributed by atoms with Gasteiger partial charge in [-0.25, -0.2) is 10.2 Å². The van der Waals surface area contributed by atoms with E-state index in [4.69, 9.17) is 5.73 Å². The first-order valence-corrected chi connectivity index (χ1v) is 4.47. The summed E-state index contributed by atoms with van der Waals surface area (Å²) in [6, 6.07) is -0.620. The first-order chi connectivity index (χ1) is 6.20. The number of carbonyl (C=O) groups excluding carboxylic acids is 1. The molecule has 1 rings (SSSR count). The van der Waals surface area contributed by atoms with Gasteiger partial charge in [0, 0.05) is 0 Å². The van der Waals surface area contributed by atoms with Crippen molar-refractivity contribution in [3.63, 3.8) is 0 Å². The zero-order valence-electron chi connectivity index (χ0n) is 7.84. The van der Waals surface area contributed by atoms with E-state index in [0.717, 1.165) is 12.8 Å². The highest BCUT2D eigenvalue weighted by molar-refractivity contribution is 5.81. The average molecular weight is 181 g/mol. The Morgan fingerprint density at radius 1 is 1.54 bits per heavy atom. The van der Waals surface area contributed by atoms with Crippen molar-refractivity contribution in [2.24, 2.45) is 10.8 Å². The normalized spacial score (nSPS) is 17.9. The zero-order valence-corrected chi connectivity index (χ0v) is 7.84. The molecule has 0 radical (unpaired) electrons. The number of nitrogens with one attached hydrogen (secondary N) is 1. The molecule has 0 atom stereocenters. The van der Waals surface area contributed by atoms with E-state index in [-0.39, 0.29) is 0 Å². The minimum Gasteiger partial charge on any atom is -0.350 e. The van der Waals surface area contributed by atoms with Gasteiger partial charge in [0.2, 0.25) is 0 Å². The maximum Gasteiger partial charge on any atom is 0.332 e. The van der Waals surface area contributed by atoms with Crippen LogP contribution >= 0.6 is 0 Å². The van der Waals surface area contributed by atoms with Gasteiger partial charge >= 0.3 is 6.03 Å². The number of primary amides is 1. The number of nitrogens with zero attached hydrogens (tertiary/aromatic N) is 1. The van der Waals surface area contributed by atoms with Crippen LogP contribution in [0.3, 0.4) is 0 Å². The molecule has 0 bridgehead atoms. The molecule has 0 fully saturated rings. The topological polar surface area (TPSA) is 67.5 Å². The number of allylic oxidation sites excluding steroid dienone is 2. The van der Waals surface area contributed by atoms with Crippen molar-refractivity contribution >= 4 is 12.2 Å². The van der Waals surface area contributed by atoms with E-state index in [1.165, 1.54) is 24.0 Å². The second-order valence-corrected chi connectivity index (χ2v) is 3.25. The lowest BCUT2D eigenvalue weighted by molar-refractivity contribution is 0.249. The summed E-state index contributed by atoms with van der Waals surface area (Å²) in [5, 5.41) is 3.74. The van der Waals surface area contributed by atoms with Crippen molar-refractivity contribution in [3.05, 3.63) is 11.1 Å². The Kier molecular flexibility index (Phi) is 3.49. The van der Waals surface area contributed by atoms with E-state index in [1.807, 2.05) is 0 Å². The van der Waals surface area contributed by atoms with E-state index in [9.17, 15) is 4.79 Å². The summed E-state index contributed by atoms with van der Waals surface area (Å²) in [4.78, 5) is 10.3. The van der Waals surface area contributed by atoms with Crippen LogP contribution in [0.25, 0.3) is 0 Å². The Labute approximate surface area is 77.9 Å². The van der Waals surface area contributed by atoms with Crippen molar-refractivity contribution in [3.8, 4) is 0 Å². The summed E-state index contributed by atoms with van der Waals surface area (Å²) in [5.74, 6) is 0. The molecule has 4 nitrogen and oxygen atoms in total. The van der Waals surface area contributed by atoms with E-state index >= 15 is 0 Å². The highest BCUT2D eigenvalue weighted by atomic mass is 16.2. The summed E-state index contributed by atoms with van der Waals surface area (Å²) in [6.45, 7) is 2.10. The quantitative estimate of drug-likeness (QED) is 0.492. The van der Waals surface area contributed by atoms with Crippen LogP contribution < -0.4 is 11.2 Å². The van der Waals surface area contributed by atoms with Crippen molar-refractivity contribution < 1.29 is 4.79 Å². The minimum absolute atomic E-state index is 0.620. The lowest BCUT2D eigenvalue weighted by Crippen LogP contribution is -2.24. The van der Waals surface area contributed by atoms with E-state index in [0.29, 0.717) is 0 Å². The molecule has 3 N–H and O–H groups in total. The molecule has 1 aliphatic rings. The number of nitrogens with two attached hydrogens (primary N) is 1. The Hall–Kier alpha value is -1.32. The highest BCUT2D eigenvalue weighted by Crippen LogP contribution is 2.22. The maximum absolute atomic E-state index is 10.3. The van der Waals surface area contributed by atoms with Crippen molar-refractivity contribution in [2.75, 3.05) is 0 Å². The lowest BCUT2D eigenvalue weighted by Gasteiger charge is -2.13. The fourth-order valence-electron chi connectivity index (χ4n) is 1.43. The monoisotopic (exact) mass is 181 g/mol. The number of carbonyl (C=O) groups is 1. The van der Waals surface area contributed by atoms with Gasteiger partial charge in [0.05, 0.1) is 6.21 Å². The number of hydrogen-bond acceptors (Lipinski definition) is 2. The van der Waals surface area contributed by atoms with Crippen LogP contribution in [-0.4, -0.2) is 12.2 Å². The summed E-state index contributed by atoms with van der Waals surface area (Å²) in [6.07, 6.45) is 6.34. The number of hydrazone groups is 1. The Morgan fingerprint density at radius 3 is 2.85 bits per heavy atom. The minimum atomic E-state index is -0.620. The summed E-state index contributed by atoms with van der Waals surface area (Å²) in [7, 11) is 0. The molecule has 13 heavy (non-hydrogen) atoms. The number of rotatable bonds is 2. The van der Waals surface area contributed by atoms with Gasteiger partial charge in [0.15, 0.2) is 0 Å². The van der Waals surface area contributed by atoms with Gasteiger partial charge in [-0.15, -0.1) is 0 Å².